The van der Waals surface area contributed by atoms with Gasteiger partial charge in [-0.3, -0.25) is 0 Å². The lowest BCUT2D eigenvalue weighted by molar-refractivity contribution is -0.131. The molecule has 0 aliphatic carbocycles. The molecule has 1 unspecified atom stereocenters. The second-order valence-corrected chi connectivity index (χ2v) is 13.2. The molecule has 1 aliphatic heterocycles. The van der Waals surface area contributed by atoms with E-state index in [0.29, 0.717) is 5.75 Å². The number of carbonyl (C=O) groups is 2. The van der Waals surface area contributed by atoms with Crippen molar-refractivity contribution in [2.45, 2.75) is 72.1 Å². The van der Waals surface area contributed by atoms with Gasteiger partial charge in [-0.1, -0.05) is 55.5 Å². The summed E-state index contributed by atoms with van der Waals surface area (Å²) in [4.78, 5) is 25.2. The molecule has 9 nitrogen and oxygen atoms in total. The van der Waals surface area contributed by atoms with E-state index in [9.17, 15) is 9.59 Å². The van der Waals surface area contributed by atoms with Crippen LogP contribution in [0.1, 0.15) is 81.9 Å². The van der Waals surface area contributed by atoms with Crippen molar-refractivity contribution < 1.29 is 28.9 Å². The Morgan fingerprint density at radius 2 is 1.82 bits per heavy atom. The number of aryl methyl sites for hydroxylation is 1. The van der Waals surface area contributed by atoms with E-state index in [1.165, 1.54) is 27.7 Å². The molecule has 1 aliphatic rings. The van der Waals surface area contributed by atoms with Gasteiger partial charge in [-0.05, 0) is 111 Å². The molecule has 1 fully saturated rings. The summed E-state index contributed by atoms with van der Waals surface area (Å²) < 4.78 is 19.6. The van der Waals surface area contributed by atoms with E-state index in [-0.39, 0.29) is 25.9 Å². The van der Waals surface area contributed by atoms with Crippen LogP contribution in [-0.4, -0.2) is 63.8 Å². The molecule has 1 aromatic heterocycles. The van der Waals surface area contributed by atoms with Gasteiger partial charge in [0.1, 0.15) is 18.0 Å². The van der Waals surface area contributed by atoms with E-state index in [1.54, 1.807) is 20.8 Å². The SMILES string of the molecule is CC/C(=C(/c1ccc(OCCN(C/C=C/C(=O)O)C(=O)OC(C)(C)C)cc1)c1ccc2c(cnn2C2CCCCO2)c1)c1ccccc1C. The minimum absolute atomic E-state index is 0.0322. The van der Waals surface area contributed by atoms with Crippen LogP contribution in [0.25, 0.3) is 22.0 Å². The highest BCUT2D eigenvalue weighted by molar-refractivity contribution is 6.01. The number of carboxylic acids is 1. The normalized spacial score (nSPS) is 15.7. The number of carbonyl (C=O) groups excluding carboxylic acids is 1. The monoisotopic (exact) mass is 665 g/mol. The summed E-state index contributed by atoms with van der Waals surface area (Å²) in [6.07, 6.45) is 7.83. The second-order valence-electron chi connectivity index (χ2n) is 13.2. The number of nitrogens with zero attached hydrogens (tertiary/aromatic N) is 3. The maximum Gasteiger partial charge on any atom is 0.410 e. The van der Waals surface area contributed by atoms with Crippen LogP contribution in [0.4, 0.5) is 4.79 Å². The summed E-state index contributed by atoms with van der Waals surface area (Å²) >= 11 is 0. The van der Waals surface area contributed by atoms with Crippen molar-refractivity contribution in [1.82, 2.24) is 14.7 Å². The van der Waals surface area contributed by atoms with Crippen LogP contribution in [0, 0.1) is 6.92 Å². The van der Waals surface area contributed by atoms with Crippen LogP contribution < -0.4 is 4.74 Å². The van der Waals surface area contributed by atoms with Crippen LogP contribution in [0.5, 0.6) is 5.75 Å². The Morgan fingerprint density at radius 3 is 2.49 bits per heavy atom. The molecule has 0 bridgehead atoms. The zero-order chi connectivity index (χ0) is 35.0. The van der Waals surface area contributed by atoms with Gasteiger partial charge in [-0.15, -0.1) is 0 Å². The molecule has 3 aromatic carbocycles. The minimum atomic E-state index is -1.08. The fourth-order valence-corrected chi connectivity index (χ4v) is 6.14. The Balaban J connectivity index is 1.42. The molecular weight excluding hydrogens is 618 g/mol. The van der Waals surface area contributed by atoms with Gasteiger partial charge >= 0.3 is 12.1 Å². The first-order chi connectivity index (χ1) is 23.5. The Morgan fingerprint density at radius 1 is 1.06 bits per heavy atom. The number of hydrogen-bond donors (Lipinski definition) is 1. The predicted molar refractivity (Wildman–Crippen MR) is 192 cm³/mol. The first kappa shape index (κ1) is 35.4. The third-order valence-corrected chi connectivity index (χ3v) is 8.45. The van der Waals surface area contributed by atoms with Gasteiger partial charge in [-0.2, -0.15) is 5.10 Å². The molecule has 2 heterocycles. The van der Waals surface area contributed by atoms with E-state index >= 15 is 0 Å². The summed E-state index contributed by atoms with van der Waals surface area (Å²) in [5, 5.41) is 14.8. The highest BCUT2D eigenvalue weighted by atomic mass is 16.6. The van der Waals surface area contributed by atoms with Crippen LogP contribution in [0.3, 0.4) is 0 Å². The van der Waals surface area contributed by atoms with E-state index in [1.807, 2.05) is 23.0 Å². The molecule has 0 spiro atoms. The number of fused-ring (bicyclic) bond motifs is 1. The largest absolute Gasteiger partial charge is 0.492 e. The number of aromatic nitrogens is 2. The Bertz CT molecular complexity index is 1810. The minimum Gasteiger partial charge on any atom is -0.492 e. The molecule has 1 N–H and O–H groups in total. The summed E-state index contributed by atoms with van der Waals surface area (Å²) in [6.45, 7) is 11.0. The van der Waals surface area contributed by atoms with Crippen molar-refractivity contribution in [1.29, 1.82) is 0 Å². The van der Waals surface area contributed by atoms with Gasteiger partial charge in [0, 0.05) is 24.6 Å². The Labute approximate surface area is 288 Å². The van der Waals surface area contributed by atoms with Crippen molar-refractivity contribution in [2.24, 2.45) is 0 Å². The second kappa shape index (κ2) is 16.0. The predicted octanol–water partition coefficient (Wildman–Crippen LogP) is 8.67. The van der Waals surface area contributed by atoms with E-state index in [0.717, 1.165) is 66.0 Å². The number of ether oxygens (including phenoxy) is 3. The van der Waals surface area contributed by atoms with Crippen molar-refractivity contribution in [3.8, 4) is 5.75 Å². The van der Waals surface area contributed by atoms with Gasteiger partial charge in [0.2, 0.25) is 0 Å². The molecule has 0 radical (unpaired) electrons. The number of rotatable bonds is 12. The summed E-state index contributed by atoms with van der Waals surface area (Å²) in [5.41, 5.74) is 7.37. The Kier molecular flexibility index (Phi) is 11.6. The van der Waals surface area contributed by atoms with Crippen molar-refractivity contribution in [3.05, 3.63) is 107 Å². The lowest BCUT2D eigenvalue weighted by Crippen LogP contribution is -2.39. The van der Waals surface area contributed by atoms with Crippen molar-refractivity contribution in [2.75, 3.05) is 26.3 Å². The standard InChI is InChI=1S/C40H47N3O6/c1-6-33(34-13-8-7-12-28(34)2)38(30-18-21-35-31(26-30)27-41-43(35)36-14-9-10-24-48-36)29-16-19-32(20-17-29)47-25-23-42(22-11-15-37(44)45)39(46)49-40(3,4)5/h7-8,11-13,15-21,26-27,36H,6,9-10,14,22-25H2,1-5H3,(H,44,45)/b15-11+,38-33+. The molecule has 9 heteroatoms. The molecule has 1 amide bonds. The molecule has 258 valence electrons. The topological polar surface area (TPSA) is 103 Å². The van der Waals surface area contributed by atoms with E-state index in [2.05, 4.69) is 68.4 Å². The molecule has 1 atom stereocenters. The third-order valence-electron chi connectivity index (χ3n) is 8.45. The number of benzene rings is 3. The van der Waals surface area contributed by atoms with Crippen LogP contribution in [0.15, 0.2) is 85.1 Å². The highest BCUT2D eigenvalue weighted by Crippen LogP contribution is 2.38. The molecule has 1 saturated heterocycles. The number of hydrogen-bond acceptors (Lipinski definition) is 6. The van der Waals surface area contributed by atoms with Crippen LogP contribution in [-0.2, 0) is 14.3 Å². The zero-order valence-corrected chi connectivity index (χ0v) is 29.1. The average molecular weight is 666 g/mol. The van der Waals surface area contributed by atoms with Crippen molar-refractivity contribution >= 4 is 34.1 Å². The van der Waals surface area contributed by atoms with Gasteiger partial charge in [0.25, 0.3) is 0 Å². The molecule has 5 rings (SSSR count). The van der Waals surface area contributed by atoms with Crippen LogP contribution >= 0.6 is 0 Å². The maximum atomic E-state index is 12.8. The highest BCUT2D eigenvalue weighted by Gasteiger charge is 2.22. The lowest BCUT2D eigenvalue weighted by Gasteiger charge is -2.26. The average Bonchev–Trinajstić information content (AvgIpc) is 3.50. The van der Waals surface area contributed by atoms with Gasteiger partial charge in [0.05, 0.1) is 18.3 Å². The molecular formula is C40H47N3O6. The number of amides is 1. The summed E-state index contributed by atoms with van der Waals surface area (Å²) in [6, 6.07) is 23.1. The Hall–Kier alpha value is -4.89. The maximum absolute atomic E-state index is 12.8. The van der Waals surface area contributed by atoms with Crippen molar-refractivity contribution in [3.63, 3.8) is 0 Å². The third kappa shape index (κ3) is 9.18. The molecule has 0 saturated carbocycles. The molecule has 4 aromatic rings. The first-order valence-corrected chi connectivity index (χ1v) is 17.0. The lowest BCUT2D eigenvalue weighted by atomic mass is 9.86. The number of aliphatic carboxylic acids is 1. The number of carboxylic acid groups (broad SMARTS) is 1. The first-order valence-electron chi connectivity index (χ1n) is 17.0. The fraction of sp³-hybridized carbons (Fsp3) is 0.375. The summed E-state index contributed by atoms with van der Waals surface area (Å²) in [5.74, 6) is -0.418. The van der Waals surface area contributed by atoms with Crippen LogP contribution in [0.2, 0.25) is 0 Å². The smallest absolute Gasteiger partial charge is 0.410 e. The van der Waals surface area contributed by atoms with E-state index < -0.39 is 17.7 Å². The van der Waals surface area contributed by atoms with Gasteiger partial charge < -0.3 is 24.2 Å². The van der Waals surface area contributed by atoms with E-state index in [4.69, 9.17) is 24.4 Å². The number of allylic oxidation sites excluding steroid dienone is 1. The zero-order valence-electron chi connectivity index (χ0n) is 29.1. The quantitative estimate of drug-likeness (QED) is 0.119. The summed E-state index contributed by atoms with van der Waals surface area (Å²) in [7, 11) is 0. The van der Waals surface area contributed by atoms with Gasteiger partial charge in [-0.25, -0.2) is 14.3 Å². The molecule has 49 heavy (non-hydrogen) atoms. The fourth-order valence-electron chi connectivity index (χ4n) is 6.14. The van der Waals surface area contributed by atoms with Gasteiger partial charge in [0.15, 0.2) is 6.23 Å².